The minimum atomic E-state index is -1.17. The van der Waals surface area contributed by atoms with Crippen molar-refractivity contribution in [2.24, 2.45) is 76.9 Å². The number of carbonyl (C=O) groups is 1. The Morgan fingerprint density at radius 1 is 0.268 bits per heavy atom. The Balaban J connectivity index is 0.000000152. The van der Waals surface area contributed by atoms with E-state index in [4.69, 9.17) is 37.9 Å². The van der Waals surface area contributed by atoms with Crippen LogP contribution in [0.2, 0.25) is 0 Å². The standard InChI is InChI=1S/2C21H30F2O.C20H26F2O3.C20H28F2O2.C19H26F2O.C19H20F2O.CH4/c1-2-24-19-14-13-18(20(22)21(19)23)12-9-15-7-10-17(11-8-15)16-5-3-4-6-16;1-2-3-14-24-19-13-12-18(20(22)21(19)23)17-10-8-16(9-11-17)15-6-4-5-7-15;1-2-24-16-11-12-17(19(22)18(16)21)25-20(23)15-9-7-14(8-10-15)13-5-3-4-6-13;1-2-23-17-11-12-18(20(22)19(17)21)24-13-14-7-9-16(10-8-14)15-5-3-4-6-15;2*1-2-22-17-12-11-16(18(20)19(17)21)15-9-7-14(8-10-15)13-5-3-4-6-13;/h13-17H,2-12H2,1H3;12-13,15-17H,2-11,14H2,1H3;11-15H,2-10H2,1H3;11-12,14-16H,2-10,13H2,1H3;11-15H,2-10H2,1H3;7-13H,2-6H2,1H3;1H4. The van der Waals surface area contributed by atoms with Gasteiger partial charge in [-0.1, -0.05) is 217 Å². The number of hydrogen-bond donors (Lipinski definition) is 0. The minimum Gasteiger partial charge on any atom is -0.491 e. The molecule has 0 heterocycles. The van der Waals surface area contributed by atoms with Crippen LogP contribution < -0.4 is 37.9 Å². The minimum absolute atomic E-state index is 0. The Morgan fingerprint density at radius 3 is 0.951 bits per heavy atom. The first-order valence-corrected chi connectivity index (χ1v) is 55.2. The van der Waals surface area contributed by atoms with Crippen molar-refractivity contribution in [3.63, 3.8) is 0 Å². The third kappa shape index (κ3) is 31.0. The Labute approximate surface area is 841 Å². The van der Waals surface area contributed by atoms with Crippen LogP contribution in [0, 0.1) is 147 Å². The first kappa shape index (κ1) is 113. The maximum atomic E-state index is 14.5. The summed E-state index contributed by atoms with van der Waals surface area (Å²) in [5, 5.41) is 0. The second kappa shape index (κ2) is 57.8. The van der Waals surface area contributed by atoms with E-state index in [0.29, 0.717) is 92.0 Å². The van der Waals surface area contributed by atoms with E-state index in [2.05, 4.69) is 0 Å². The molecule has 142 heavy (non-hydrogen) atoms. The third-order valence-electron chi connectivity index (χ3n) is 33.8. The summed E-state index contributed by atoms with van der Waals surface area (Å²) in [7, 11) is 0. The highest BCUT2D eigenvalue weighted by atomic mass is 19.2. The first-order chi connectivity index (χ1) is 68.6. The zero-order valence-corrected chi connectivity index (χ0v) is 85.1. The van der Waals surface area contributed by atoms with Crippen LogP contribution >= 0.6 is 0 Å². The molecule has 11 aliphatic carbocycles. The average molecular weight is 1990 g/mol. The summed E-state index contributed by atoms with van der Waals surface area (Å²) in [4.78, 5) is 12.3. The number of halogens is 12. The third-order valence-corrected chi connectivity index (χ3v) is 33.8. The van der Waals surface area contributed by atoms with Gasteiger partial charge in [0.2, 0.25) is 46.5 Å². The van der Waals surface area contributed by atoms with Gasteiger partial charge in [-0.25, -0.2) is 17.6 Å². The summed E-state index contributed by atoms with van der Waals surface area (Å²) in [6.07, 6.45) is 58.4. The second-order valence-corrected chi connectivity index (χ2v) is 42.4. The molecule has 21 heteroatoms. The number of rotatable bonds is 31. The Kier molecular flexibility index (Phi) is 45.8. The molecule has 11 aliphatic rings. The highest BCUT2D eigenvalue weighted by molar-refractivity contribution is 5.75. The molecular formula is C121H164F12O9. The molecule has 7 aromatic carbocycles. The molecule has 9 nitrogen and oxygen atoms in total. The topological polar surface area (TPSA) is 90.9 Å². The number of aryl methyl sites for hydroxylation is 1. The van der Waals surface area contributed by atoms with Crippen LogP contribution in [0.5, 0.6) is 46.0 Å². The van der Waals surface area contributed by atoms with Gasteiger partial charge in [-0.3, -0.25) is 4.79 Å². The number of hydrogen-bond acceptors (Lipinski definition) is 9. The van der Waals surface area contributed by atoms with Gasteiger partial charge in [0.15, 0.2) is 69.3 Å². The Hall–Kier alpha value is -8.23. The zero-order valence-electron chi connectivity index (χ0n) is 85.1. The Morgan fingerprint density at radius 2 is 0.563 bits per heavy atom. The molecule has 0 bridgehead atoms. The number of unbranched alkanes of at least 4 members (excludes halogenated alkanes) is 1. The van der Waals surface area contributed by atoms with E-state index in [0.717, 1.165) is 137 Å². The quantitative estimate of drug-likeness (QED) is 0.0182. The van der Waals surface area contributed by atoms with Crippen LogP contribution in [0.3, 0.4) is 0 Å². The van der Waals surface area contributed by atoms with Gasteiger partial charge in [0.05, 0.1) is 52.2 Å². The number of carbonyl (C=O) groups excluding carboxylic acids is 1. The number of esters is 1. The largest absolute Gasteiger partial charge is 0.491 e. The van der Waals surface area contributed by atoms with Gasteiger partial charge in [-0.15, -0.1) is 0 Å². The lowest BCUT2D eigenvalue weighted by atomic mass is 9.73. The van der Waals surface area contributed by atoms with Gasteiger partial charge in [0, 0.05) is 5.56 Å². The van der Waals surface area contributed by atoms with Crippen LogP contribution in [0.25, 0.3) is 11.1 Å². The summed E-state index contributed by atoms with van der Waals surface area (Å²) in [5.74, 6) is -0.943. The molecule has 0 aliphatic heterocycles. The molecule has 0 unspecified atom stereocenters. The van der Waals surface area contributed by atoms with Crippen LogP contribution in [-0.2, 0) is 11.2 Å². The molecule has 11 fully saturated rings. The molecule has 0 saturated heterocycles. The van der Waals surface area contributed by atoms with Crippen LogP contribution in [0.15, 0.2) is 97.1 Å². The van der Waals surface area contributed by atoms with E-state index in [1.165, 1.54) is 254 Å². The molecule has 11 saturated carbocycles. The van der Waals surface area contributed by atoms with Crippen molar-refractivity contribution in [3.8, 4) is 57.1 Å². The van der Waals surface area contributed by atoms with Crippen LogP contribution in [0.4, 0.5) is 52.7 Å². The molecular weight excluding hydrogens is 1830 g/mol. The summed E-state index contributed by atoms with van der Waals surface area (Å²) < 4.78 is 211. The van der Waals surface area contributed by atoms with Gasteiger partial charge < -0.3 is 37.9 Å². The smallest absolute Gasteiger partial charge is 0.314 e. The Bertz CT molecular complexity index is 4820. The van der Waals surface area contributed by atoms with E-state index >= 15 is 0 Å². The van der Waals surface area contributed by atoms with Gasteiger partial charge in [-0.2, -0.15) is 35.1 Å². The molecule has 786 valence electrons. The summed E-state index contributed by atoms with van der Waals surface area (Å²) in [5.41, 5.74) is 3.87. The van der Waals surface area contributed by atoms with Gasteiger partial charge >= 0.3 is 5.97 Å². The summed E-state index contributed by atoms with van der Waals surface area (Å²) in [6.45, 7) is 13.2. The van der Waals surface area contributed by atoms with Crippen molar-refractivity contribution < 1.29 is 95.4 Å². The summed E-state index contributed by atoms with van der Waals surface area (Å²) in [6, 6.07) is 26.3. The van der Waals surface area contributed by atoms with Gasteiger partial charge in [0.25, 0.3) is 0 Å². The predicted molar refractivity (Wildman–Crippen MR) is 543 cm³/mol. The lowest BCUT2D eigenvalue weighted by Crippen LogP contribution is -2.28. The maximum Gasteiger partial charge on any atom is 0.314 e. The lowest BCUT2D eigenvalue weighted by Gasteiger charge is -2.32. The van der Waals surface area contributed by atoms with Crippen molar-refractivity contribution in [1.82, 2.24) is 0 Å². The van der Waals surface area contributed by atoms with E-state index in [1.807, 2.05) is 31.2 Å². The molecule has 0 spiro atoms. The van der Waals surface area contributed by atoms with Gasteiger partial charge in [0.1, 0.15) is 0 Å². The van der Waals surface area contributed by atoms with Crippen molar-refractivity contribution in [2.45, 2.75) is 375 Å². The molecule has 0 radical (unpaired) electrons. The highest BCUT2D eigenvalue weighted by Gasteiger charge is 2.39. The normalized spacial score (nSPS) is 23.4. The summed E-state index contributed by atoms with van der Waals surface area (Å²) >= 11 is 0. The molecule has 0 N–H and O–H groups in total. The monoisotopic (exact) mass is 1990 g/mol. The van der Waals surface area contributed by atoms with Crippen molar-refractivity contribution in [1.29, 1.82) is 0 Å². The average Bonchev–Trinajstić information content (AvgIpc) is 1.31. The van der Waals surface area contributed by atoms with E-state index in [1.54, 1.807) is 77.1 Å². The SMILES string of the molecule is C.CCCCOc1ccc(C2CCC(C3CCCC3)CC2)c(F)c1F.CCOc1ccc(-c2ccc(C3CCCC3)cc2)c(F)c1F.CCOc1ccc(C2CCC(C3CCCC3)CC2)c(F)c1F.CCOc1ccc(CCC2CCC(C3CCCC3)CC2)c(F)c1F.CCOc1ccc(OC(=O)C2CCC(C3CCCC3)CC2)c(F)c1F.CCOc1ccc(OCC2CCC(C3CCCC3)CC2)c(F)c1F. The van der Waals surface area contributed by atoms with Crippen LogP contribution in [-0.4, -0.2) is 52.2 Å². The van der Waals surface area contributed by atoms with E-state index < -0.39 is 75.8 Å². The highest BCUT2D eigenvalue weighted by Crippen LogP contribution is 2.51. The van der Waals surface area contributed by atoms with Crippen LogP contribution in [0.1, 0.15) is 391 Å². The van der Waals surface area contributed by atoms with Crippen molar-refractivity contribution in [2.75, 3.05) is 46.2 Å². The molecule has 7 aromatic rings. The van der Waals surface area contributed by atoms with Crippen molar-refractivity contribution in [3.05, 3.63) is 189 Å². The molecule has 0 amide bonds. The molecule has 18 rings (SSSR count). The molecule has 0 atom stereocenters. The fourth-order valence-corrected chi connectivity index (χ4v) is 25.7. The second-order valence-electron chi connectivity index (χ2n) is 42.4. The first-order valence-electron chi connectivity index (χ1n) is 55.2. The fourth-order valence-electron chi connectivity index (χ4n) is 25.7. The van der Waals surface area contributed by atoms with Crippen molar-refractivity contribution >= 4 is 5.97 Å². The molecule has 0 aromatic heterocycles. The lowest BCUT2D eigenvalue weighted by molar-refractivity contribution is -0.140. The number of benzene rings is 7. The van der Waals surface area contributed by atoms with E-state index in [-0.39, 0.29) is 83.3 Å². The predicted octanol–water partition coefficient (Wildman–Crippen LogP) is 36.1. The zero-order chi connectivity index (χ0) is 99.7. The van der Waals surface area contributed by atoms with E-state index in [9.17, 15) is 57.5 Å². The number of ether oxygens (including phenoxy) is 8. The fraction of sp³-hybridized carbons (Fsp3) is 0.645. The maximum absolute atomic E-state index is 14.5. The van der Waals surface area contributed by atoms with Gasteiger partial charge in [-0.05, 0) is 353 Å².